The minimum Gasteiger partial charge on any atom is -0.444 e. The number of carbonyl (C=O) groups excluding carboxylic acids is 1. The molecule has 6 nitrogen and oxygen atoms in total. The number of ether oxygens (including phenoxy) is 1. The van der Waals surface area contributed by atoms with Crippen molar-refractivity contribution < 1.29 is 17.9 Å². The first-order valence-corrected chi connectivity index (χ1v) is 7.87. The van der Waals surface area contributed by atoms with Crippen molar-refractivity contribution in [1.29, 1.82) is 0 Å². The molecule has 0 aliphatic carbocycles. The third-order valence-electron chi connectivity index (χ3n) is 2.58. The molecule has 1 aliphatic heterocycles. The number of hydrogen-bond donors (Lipinski definition) is 0. The fourth-order valence-corrected chi connectivity index (χ4v) is 2.61. The molecular formula is C11H22N2O4S. The monoisotopic (exact) mass is 278 g/mol. The van der Waals surface area contributed by atoms with Crippen LogP contribution in [-0.4, -0.2) is 61.8 Å². The minimum atomic E-state index is -3.18. The zero-order chi connectivity index (χ0) is 14.0. The molecule has 1 rings (SSSR count). The molecule has 7 heteroatoms. The molecule has 0 radical (unpaired) electrons. The highest BCUT2D eigenvalue weighted by atomic mass is 32.2. The number of nitrogens with zero attached hydrogens (tertiary/aromatic N) is 2. The standard InChI is InChI=1S/C11H22N2O4S/c1-11(2,3)17-10(14)12-6-5-7-13(9-8-12)18(4,15)16/h5-9H2,1-4H3. The van der Waals surface area contributed by atoms with Gasteiger partial charge in [0.2, 0.25) is 10.0 Å². The first-order valence-electron chi connectivity index (χ1n) is 6.03. The van der Waals surface area contributed by atoms with Crippen molar-refractivity contribution in [3.63, 3.8) is 0 Å². The Morgan fingerprint density at radius 2 is 1.72 bits per heavy atom. The Labute approximate surface area is 109 Å². The van der Waals surface area contributed by atoms with Gasteiger partial charge in [-0.15, -0.1) is 0 Å². The summed E-state index contributed by atoms with van der Waals surface area (Å²) in [6.07, 6.45) is 1.44. The van der Waals surface area contributed by atoms with Crippen LogP contribution in [0.5, 0.6) is 0 Å². The summed E-state index contributed by atoms with van der Waals surface area (Å²) in [6.45, 7) is 7.13. The average Bonchev–Trinajstić information content (AvgIpc) is 2.38. The maximum absolute atomic E-state index is 11.9. The van der Waals surface area contributed by atoms with Gasteiger partial charge in [-0.2, -0.15) is 0 Å². The van der Waals surface area contributed by atoms with E-state index in [1.54, 1.807) is 4.90 Å². The second kappa shape index (κ2) is 5.44. The lowest BCUT2D eigenvalue weighted by Gasteiger charge is -2.26. The molecule has 0 aromatic rings. The van der Waals surface area contributed by atoms with Crippen LogP contribution in [0, 0.1) is 0 Å². The summed E-state index contributed by atoms with van der Waals surface area (Å²) < 4.78 is 29.5. The summed E-state index contributed by atoms with van der Waals surface area (Å²) in [6, 6.07) is 0. The molecule has 0 spiro atoms. The Morgan fingerprint density at radius 3 is 2.22 bits per heavy atom. The van der Waals surface area contributed by atoms with Crippen LogP contribution in [0.25, 0.3) is 0 Å². The largest absolute Gasteiger partial charge is 0.444 e. The molecule has 1 amide bonds. The number of sulfonamides is 1. The van der Waals surface area contributed by atoms with Crippen molar-refractivity contribution in [3.05, 3.63) is 0 Å². The van der Waals surface area contributed by atoms with Crippen LogP contribution in [0.15, 0.2) is 0 Å². The number of hydrogen-bond acceptors (Lipinski definition) is 4. The van der Waals surface area contributed by atoms with Crippen LogP contribution in [0.1, 0.15) is 27.2 Å². The first-order chi connectivity index (χ1) is 8.09. The van der Waals surface area contributed by atoms with Crippen molar-refractivity contribution >= 4 is 16.1 Å². The lowest BCUT2D eigenvalue weighted by molar-refractivity contribution is 0.0260. The van der Waals surface area contributed by atoms with Crippen LogP contribution in [-0.2, 0) is 14.8 Å². The van der Waals surface area contributed by atoms with Gasteiger partial charge in [-0.05, 0) is 27.2 Å². The fraction of sp³-hybridized carbons (Fsp3) is 0.909. The van der Waals surface area contributed by atoms with Crippen molar-refractivity contribution in [2.45, 2.75) is 32.8 Å². The maximum Gasteiger partial charge on any atom is 0.410 e. The van der Waals surface area contributed by atoms with Gasteiger partial charge in [0.25, 0.3) is 0 Å². The van der Waals surface area contributed by atoms with Crippen LogP contribution < -0.4 is 0 Å². The SMILES string of the molecule is CC(C)(C)OC(=O)N1CCCN(S(C)(=O)=O)CC1. The Balaban J connectivity index is 2.60. The zero-order valence-electron chi connectivity index (χ0n) is 11.5. The highest BCUT2D eigenvalue weighted by Crippen LogP contribution is 2.13. The van der Waals surface area contributed by atoms with Crippen molar-refractivity contribution in [1.82, 2.24) is 9.21 Å². The molecule has 0 atom stereocenters. The summed E-state index contributed by atoms with van der Waals surface area (Å²) in [4.78, 5) is 13.4. The van der Waals surface area contributed by atoms with Crippen LogP contribution in [0.4, 0.5) is 4.79 Å². The van der Waals surface area contributed by atoms with E-state index in [1.807, 2.05) is 20.8 Å². The van der Waals surface area contributed by atoms with E-state index in [4.69, 9.17) is 4.74 Å². The summed E-state index contributed by atoms with van der Waals surface area (Å²) >= 11 is 0. The average molecular weight is 278 g/mol. The molecule has 106 valence electrons. The van der Waals surface area contributed by atoms with E-state index in [2.05, 4.69) is 0 Å². The Bertz CT molecular complexity index is 400. The first kappa shape index (κ1) is 15.2. The van der Waals surface area contributed by atoms with Crippen LogP contribution >= 0.6 is 0 Å². The topological polar surface area (TPSA) is 66.9 Å². The summed E-state index contributed by atoms with van der Waals surface area (Å²) in [7, 11) is -3.18. The fourth-order valence-electron chi connectivity index (χ4n) is 1.73. The van der Waals surface area contributed by atoms with Gasteiger partial charge in [0, 0.05) is 26.2 Å². The zero-order valence-corrected chi connectivity index (χ0v) is 12.3. The van der Waals surface area contributed by atoms with Crippen LogP contribution in [0.2, 0.25) is 0 Å². The van der Waals surface area contributed by atoms with Gasteiger partial charge in [-0.25, -0.2) is 17.5 Å². The molecule has 0 unspecified atom stereocenters. The van der Waals surface area contributed by atoms with E-state index >= 15 is 0 Å². The molecular weight excluding hydrogens is 256 g/mol. The second-order valence-electron chi connectivity index (χ2n) is 5.48. The quantitative estimate of drug-likeness (QED) is 0.714. The number of rotatable bonds is 1. The summed E-state index contributed by atoms with van der Waals surface area (Å²) in [5, 5.41) is 0. The molecule has 1 saturated heterocycles. The lowest BCUT2D eigenvalue weighted by atomic mass is 10.2. The van der Waals surface area contributed by atoms with E-state index in [-0.39, 0.29) is 6.09 Å². The predicted molar refractivity (Wildman–Crippen MR) is 68.8 cm³/mol. The van der Waals surface area contributed by atoms with E-state index in [0.717, 1.165) is 0 Å². The second-order valence-corrected chi connectivity index (χ2v) is 7.47. The maximum atomic E-state index is 11.9. The predicted octanol–water partition coefficient (Wildman–Crippen LogP) is 0.889. The molecule has 0 aromatic heterocycles. The third-order valence-corrected chi connectivity index (χ3v) is 3.88. The normalized spacial score (nSPS) is 19.4. The molecule has 1 fully saturated rings. The van der Waals surface area contributed by atoms with Crippen molar-refractivity contribution in [3.8, 4) is 0 Å². The Kier molecular flexibility index (Phi) is 4.61. The highest BCUT2D eigenvalue weighted by molar-refractivity contribution is 7.88. The third kappa shape index (κ3) is 4.81. The summed E-state index contributed by atoms with van der Waals surface area (Å²) in [5.41, 5.74) is -0.528. The molecule has 0 N–H and O–H groups in total. The van der Waals surface area contributed by atoms with Crippen molar-refractivity contribution in [2.75, 3.05) is 32.4 Å². The van der Waals surface area contributed by atoms with Gasteiger partial charge < -0.3 is 9.64 Å². The van der Waals surface area contributed by atoms with Gasteiger partial charge in [-0.1, -0.05) is 0 Å². The molecule has 0 aromatic carbocycles. The van der Waals surface area contributed by atoms with E-state index in [1.165, 1.54) is 10.6 Å². The Morgan fingerprint density at radius 1 is 1.11 bits per heavy atom. The molecule has 0 saturated carbocycles. The molecule has 1 heterocycles. The van der Waals surface area contributed by atoms with E-state index in [0.29, 0.717) is 32.6 Å². The van der Waals surface area contributed by atoms with Crippen molar-refractivity contribution in [2.24, 2.45) is 0 Å². The van der Waals surface area contributed by atoms with Crippen LogP contribution in [0.3, 0.4) is 0 Å². The van der Waals surface area contributed by atoms with Gasteiger partial charge >= 0.3 is 6.09 Å². The molecule has 18 heavy (non-hydrogen) atoms. The van der Waals surface area contributed by atoms with Gasteiger partial charge in [0.15, 0.2) is 0 Å². The number of carbonyl (C=O) groups is 1. The Hall–Kier alpha value is -0.820. The molecule has 0 bridgehead atoms. The molecule has 1 aliphatic rings. The van der Waals surface area contributed by atoms with Gasteiger partial charge in [0.1, 0.15) is 5.60 Å². The van der Waals surface area contributed by atoms with E-state index < -0.39 is 15.6 Å². The summed E-state index contributed by atoms with van der Waals surface area (Å²) in [5.74, 6) is 0. The van der Waals surface area contributed by atoms with Gasteiger partial charge in [0.05, 0.1) is 6.26 Å². The highest BCUT2D eigenvalue weighted by Gasteiger charge is 2.26. The van der Waals surface area contributed by atoms with Gasteiger partial charge in [-0.3, -0.25) is 0 Å². The number of amides is 1. The lowest BCUT2D eigenvalue weighted by Crippen LogP contribution is -2.39. The van der Waals surface area contributed by atoms with E-state index in [9.17, 15) is 13.2 Å². The minimum absolute atomic E-state index is 0.331. The smallest absolute Gasteiger partial charge is 0.410 e.